The second-order valence-corrected chi connectivity index (χ2v) is 17.1. The molecule has 406 valence electrons. The average molecular weight is 1040 g/mol. The molecule has 11 N–H and O–H groups in total. The molecule has 4 saturated heterocycles. The lowest BCUT2D eigenvalue weighted by atomic mass is 9.95. The van der Waals surface area contributed by atoms with Crippen molar-refractivity contribution in [1.82, 2.24) is 16.0 Å². The minimum Gasteiger partial charge on any atom is -0.435 e. The van der Waals surface area contributed by atoms with E-state index in [1.54, 1.807) is 31.2 Å². The number of carbonyl (C=O) groups excluding carboxylic acids is 6. The molecule has 4 heterocycles. The zero-order valence-electron chi connectivity index (χ0n) is 39.7. The van der Waals surface area contributed by atoms with Gasteiger partial charge in [0.2, 0.25) is 24.4 Å². The molecule has 0 bridgehead atoms. The van der Waals surface area contributed by atoms with Crippen LogP contribution in [0.2, 0.25) is 0 Å². The summed E-state index contributed by atoms with van der Waals surface area (Å²) in [6.07, 6.45) is -31.6. The van der Waals surface area contributed by atoms with E-state index < -0.39 is 148 Å². The largest absolute Gasteiger partial charge is 0.435 e. The van der Waals surface area contributed by atoms with Gasteiger partial charge in [-0.3, -0.25) is 28.8 Å². The molecule has 1 aromatic rings. The van der Waals surface area contributed by atoms with Crippen molar-refractivity contribution >= 4 is 36.3 Å². The highest BCUT2D eigenvalue weighted by Gasteiger charge is 2.57. The van der Waals surface area contributed by atoms with E-state index in [-0.39, 0.29) is 50.5 Å². The molecule has 0 radical (unpaired) electrons. The summed E-state index contributed by atoms with van der Waals surface area (Å²) in [7, 11) is 1.21. The fourth-order valence-corrected chi connectivity index (χ4v) is 8.41. The second-order valence-electron chi connectivity index (χ2n) is 17.1. The molecule has 0 aliphatic carbocycles. The molecular formula is C44H65N3O25. The van der Waals surface area contributed by atoms with Crippen molar-refractivity contribution in [3.8, 4) is 0 Å². The lowest BCUT2D eigenvalue weighted by molar-refractivity contribution is -0.398. The Kier molecular flexibility index (Phi) is 22.7. The Bertz CT molecular complexity index is 1920. The van der Waals surface area contributed by atoms with Gasteiger partial charge in [0, 0.05) is 58.9 Å². The van der Waals surface area contributed by atoms with Crippen molar-refractivity contribution < 1.29 is 122 Å². The number of aliphatic hydroxyl groups is 8. The van der Waals surface area contributed by atoms with Gasteiger partial charge in [0.25, 0.3) is 12.9 Å². The third-order valence-corrected chi connectivity index (χ3v) is 12.2. The van der Waals surface area contributed by atoms with Crippen LogP contribution in [-0.4, -0.2) is 234 Å². The molecule has 2 amide bonds. The first-order chi connectivity index (χ1) is 34.4. The second kappa shape index (κ2) is 27.9. The quantitative estimate of drug-likeness (QED) is 0.0234. The maximum atomic E-state index is 12.5. The number of rotatable bonds is 26. The van der Waals surface area contributed by atoms with Crippen molar-refractivity contribution in [1.29, 1.82) is 0 Å². The number of carbonyl (C=O) groups is 6. The first-order valence-corrected chi connectivity index (χ1v) is 23.0. The first kappa shape index (κ1) is 58.6. The van der Waals surface area contributed by atoms with Crippen LogP contribution in [0.5, 0.6) is 0 Å². The molecule has 8 unspecified atom stereocenters. The number of nitrogens with one attached hydrogen (secondary N) is 3. The van der Waals surface area contributed by atoms with Crippen LogP contribution in [0.4, 0.5) is 0 Å². The average Bonchev–Trinajstić information content (AvgIpc) is 3.35. The Labute approximate surface area is 411 Å². The summed E-state index contributed by atoms with van der Waals surface area (Å²) in [5, 5.41) is 96.0. The van der Waals surface area contributed by atoms with Gasteiger partial charge in [-0.25, -0.2) is 0 Å². The summed E-state index contributed by atoms with van der Waals surface area (Å²) in [6, 6.07) is 3.68. The Hall–Kier alpha value is -4.28. The summed E-state index contributed by atoms with van der Waals surface area (Å²) < 4.78 is 61.4. The minimum absolute atomic E-state index is 0.00298. The first-order valence-electron chi connectivity index (χ1n) is 23.0. The van der Waals surface area contributed by atoms with Crippen molar-refractivity contribution in [2.24, 2.45) is 0 Å². The zero-order valence-corrected chi connectivity index (χ0v) is 39.7. The molecule has 4 fully saturated rings. The number of methoxy groups -OCH3 is 1. The monoisotopic (exact) mass is 1040 g/mol. The lowest BCUT2D eigenvalue weighted by Gasteiger charge is -2.49. The molecule has 0 saturated carbocycles. The van der Waals surface area contributed by atoms with Gasteiger partial charge in [-0.15, -0.1) is 0 Å². The van der Waals surface area contributed by atoms with Crippen molar-refractivity contribution in [3.05, 3.63) is 35.4 Å². The van der Waals surface area contributed by atoms with Crippen LogP contribution in [0.3, 0.4) is 0 Å². The maximum absolute atomic E-state index is 12.5. The molecule has 72 heavy (non-hydrogen) atoms. The van der Waals surface area contributed by atoms with E-state index in [1.807, 2.05) is 0 Å². The predicted octanol–water partition coefficient (Wildman–Crippen LogP) is -5.77. The molecule has 0 spiro atoms. The molecular weight excluding hydrogens is 970 g/mol. The molecule has 28 heteroatoms. The molecule has 5 rings (SSSR count). The number of ether oxygens (including phenoxy) is 11. The number of hydrogen-bond acceptors (Lipinski definition) is 26. The van der Waals surface area contributed by atoms with Gasteiger partial charge in [-0.05, 0) is 5.56 Å². The predicted molar refractivity (Wildman–Crippen MR) is 233 cm³/mol. The van der Waals surface area contributed by atoms with Crippen molar-refractivity contribution in [2.75, 3.05) is 33.5 Å². The standard InChI is InChI=1S/C44H65N3O25/c1-5-23(54)10-11-24(55)22-8-6-21(7-9-22)14-45-12-13-63-41-33(60)31(58)37(43(71-41)64-17-50)69-40-28(47-20(3)53)30(57)36(26(16-49)67-40)68-42-34(61)32(59)38(44(72-42)65-18-51)70-39-27(46-19(2)52)29(56)35(62-4)25(15-48)66-39/h6-9,17-18,25-45,48-49,56-61H,5,10-16H2,1-4H3,(H,46,52)(H,47,53)/t25?,26?,27?,28?,29-,30-,31-,32-,33?,34?,35-,36-,37+,38+,39-,40-,41-,42-,43?,44?/m1/s1. The SMILES string of the molecule is CCC(=O)CCC(=O)c1ccc(CNCCO[C@@H]2OC(OC=O)[C@@H](O[C@H]3OC(CO)[C@@H](O[C@@H]4OC(OC=O)[C@@H](O[C@H]5OC(CO)[C@@H](OC)[C@H](O)C5NC(C)=O)[C@H](O)C4O)[C@H](O)C3NC(C)=O)[C@H](O)C2O)cc1. The summed E-state index contributed by atoms with van der Waals surface area (Å²) in [4.78, 5) is 71.8. The molecule has 4 aliphatic heterocycles. The van der Waals surface area contributed by atoms with Gasteiger partial charge >= 0.3 is 0 Å². The number of benzene rings is 1. The fourth-order valence-electron chi connectivity index (χ4n) is 8.41. The van der Waals surface area contributed by atoms with E-state index in [4.69, 9.17) is 52.1 Å². The van der Waals surface area contributed by atoms with Gasteiger partial charge in [-0.1, -0.05) is 31.2 Å². The Morgan fingerprint density at radius 3 is 1.58 bits per heavy atom. The van der Waals surface area contributed by atoms with E-state index in [2.05, 4.69) is 16.0 Å². The summed E-state index contributed by atoms with van der Waals surface area (Å²) in [5.74, 6) is -1.60. The van der Waals surface area contributed by atoms with Crippen LogP contribution in [0.15, 0.2) is 24.3 Å². The topological polar surface area (TPSA) is 402 Å². The highest BCUT2D eigenvalue weighted by atomic mass is 16.8. The smallest absolute Gasteiger partial charge is 0.295 e. The normalized spacial score (nSPS) is 36.9. The summed E-state index contributed by atoms with van der Waals surface area (Å²) >= 11 is 0. The third kappa shape index (κ3) is 14.7. The lowest BCUT2D eigenvalue weighted by Crippen LogP contribution is -2.70. The van der Waals surface area contributed by atoms with Gasteiger partial charge in [0.1, 0.15) is 78.9 Å². The van der Waals surface area contributed by atoms with Gasteiger partial charge in [0.15, 0.2) is 43.2 Å². The van der Waals surface area contributed by atoms with E-state index in [0.717, 1.165) is 19.4 Å². The fraction of sp³-hybridized carbons (Fsp3) is 0.727. The van der Waals surface area contributed by atoms with E-state index in [0.29, 0.717) is 18.5 Å². The van der Waals surface area contributed by atoms with E-state index in [1.165, 1.54) is 7.11 Å². The maximum Gasteiger partial charge on any atom is 0.295 e. The van der Waals surface area contributed by atoms with Crippen LogP contribution in [0.25, 0.3) is 0 Å². The van der Waals surface area contributed by atoms with Crippen LogP contribution < -0.4 is 16.0 Å². The van der Waals surface area contributed by atoms with E-state index >= 15 is 0 Å². The third-order valence-electron chi connectivity index (χ3n) is 12.2. The molecule has 0 aromatic heterocycles. The highest BCUT2D eigenvalue weighted by molar-refractivity contribution is 5.98. The van der Waals surface area contributed by atoms with Crippen LogP contribution in [-0.2, 0) is 82.6 Å². The molecule has 1 aromatic carbocycles. The Morgan fingerprint density at radius 2 is 1.10 bits per heavy atom. The molecule has 20 atom stereocenters. The molecule has 28 nitrogen and oxygen atoms in total. The molecule has 4 aliphatic rings. The van der Waals surface area contributed by atoms with E-state index in [9.17, 15) is 69.6 Å². The summed E-state index contributed by atoms with van der Waals surface area (Å²) in [5.41, 5.74) is 1.29. The van der Waals surface area contributed by atoms with Crippen molar-refractivity contribution in [2.45, 2.75) is 170 Å². The number of Topliss-reactive ketones (excluding diaryl/α,β-unsaturated/α-hetero) is 2. The van der Waals surface area contributed by atoms with Crippen molar-refractivity contribution in [3.63, 3.8) is 0 Å². The van der Waals surface area contributed by atoms with Crippen LogP contribution in [0, 0.1) is 0 Å². The zero-order chi connectivity index (χ0) is 52.8. The van der Waals surface area contributed by atoms with Gasteiger partial charge in [0.05, 0.1) is 19.8 Å². The van der Waals surface area contributed by atoms with Gasteiger partial charge in [-0.2, -0.15) is 0 Å². The van der Waals surface area contributed by atoms with Crippen LogP contribution in [0.1, 0.15) is 56.0 Å². The number of ketones is 2. The summed E-state index contributed by atoms with van der Waals surface area (Å²) in [6.45, 7) is 2.45. The number of aliphatic hydroxyl groups excluding tert-OH is 8. The number of hydrogen-bond donors (Lipinski definition) is 11. The number of amides is 2. The van der Waals surface area contributed by atoms with Crippen LogP contribution >= 0.6 is 0 Å². The Morgan fingerprint density at radius 1 is 0.611 bits per heavy atom. The highest BCUT2D eigenvalue weighted by Crippen LogP contribution is 2.35. The Balaban J connectivity index is 1.22. The van der Waals surface area contributed by atoms with Gasteiger partial charge < -0.3 is 109 Å². The minimum atomic E-state index is -2.15.